The van der Waals surface area contributed by atoms with Crippen molar-refractivity contribution < 1.29 is 18.4 Å². The third-order valence-corrected chi connectivity index (χ3v) is 3.54. The monoisotopic (exact) mass is 338 g/mol. The van der Waals surface area contributed by atoms with E-state index in [1.165, 1.54) is 36.3 Å². The maximum atomic E-state index is 13.6. The Morgan fingerprint density at radius 2 is 2.09 bits per heavy atom. The van der Waals surface area contributed by atoms with Crippen LogP contribution in [0.3, 0.4) is 0 Å². The van der Waals surface area contributed by atoms with E-state index in [9.17, 15) is 14.0 Å². The van der Waals surface area contributed by atoms with E-state index in [4.69, 9.17) is 16.0 Å². The molecule has 1 N–H and O–H groups in total. The molecule has 0 unspecified atom stereocenters. The van der Waals surface area contributed by atoms with E-state index in [-0.39, 0.29) is 29.6 Å². The second kappa shape index (κ2) is 7.78. The maximum Gasteiger partial charge on any atom is 0.255 e. The molecule has 0 spiro atoms. The van der Waals surface area contributed by atoms with Crippen molar-refractivity contribution in [2.24, 2.45) is 0 Å². The van der Waals surface area contributed by atoms with Crippen molar-refractivity contribution in [1.29, 1.82) is 0 Å². The van der Waals surface area contributed by atoms with E-state index < -0.39 is 11.7 Å². The molecule has 0 aliphatic rings. The van der Waals surface area contributed by atoms with Crippen LogP contribution in [0.5, 0.6) is 0 Å². The summed E-state index contributed by atoms with van der Waals surface area (Å²) < 4.78 is 18.8. The zero-order chi connectivity index (χ0) is 16.8. The summed E-state index contributed by atoms with van der Waals surface area (Å²) in [7, 11) is 0. The molecule has 0 atom stereocenters. The molecular weight excluding hydrogens is 323 g/mol. The van der Waals surface area contributed by atoms with Crippen molar-refractivity contribution in [3.05, 3.63) is 58.8 Å². The Labute approximate surface area is 138 Å². The van der Waals surface area contributed by atoms with E-state index >= 15 is 0 Å². The van der Waals surface area contributed by atoms with Gasteiger partial charge in [0.1, 0.15) is 11.6 Å². The van der Waals surface area contributed by atoms with E-state index in [0.717, 1.165) is 0 Å². The molecule has 0 saturated carbocycles. The molecule has 0 fully saturated rings. The van der Waals surface area contributed by atoms with Crippen molar-refractivity contribution in [2.45, 2.75) is 13.5 Å². The summed E-state index contributed by atoms with van der Waals surface area (Å²) in [5.74, 6) is -0.813. The van der Waals surface area contributed by atoms with E-state index in [0.29, 0.717) is 12.3 Å². The highest BCUT2D eigenvalue weighted by molar-refractivity contribution is 6.33. The molecule has 1 heterocycles. The van der Waals surface area contributed by atoms with Crippen molar-refractivity contribution in [3.8, 4) is 0 Å². The molecule has 0 aliphatic carbocycles. The fourth-order valence-electron chi connectivity index (χ4n) is 2.05. The predicted octanol–water partition coefficient (Wildman–Crippen LogP) is 2.85. The second-order valence-corrected chi connectivity index (χ2v) is 5.28. The SMILES string of the molecule is CC(=O)N(CCNC(=O)c1c(F)cccc1Cl)Cc1ccco1. The number of furan rings is 1. The van der Waals surface area contributed by atoms with Gasteiger partial charge in [-0.3, -0.25) is 9.59 Å². The number of nitrogens with one attached hydrogen (secondary N) is 1. The first-order chi connectivity index (χ1) is 11.0. The number of benzene rings is 1. The largest absolute Gasteiger partial charge is 0.467 e. The summed E-state index contributed by atoms with van der Waals surface area (Å²) in [5, 5.41) is 2.60. The van der Waals surface area contributed by atoms with Crippen molar-refractivity contribution in [3.63, 3.8) is 0 Å². The molecule has 7 heteroatoms. The van der Waals surface area contributed by atoms with Crippen LogP contribution in [0.1, 0.15) is 23.0 Å². The van der Waals surface area contributed by atoms with Crippen LogP contribution in [-0.4, -0.2) is 29.8 Å². The van der Waals surface area contributed by atoms with Gasteiger partial charge in [-0.05, 0) is 24.3 Å². The molecule has 122 valence electrons. The lowest BCUT2D eigenvalue weighted by Crippen LogP contribution is -2.37. The summed E-state index contributed by atoms with van der Waals surface area (Å²) in [6.45, 7) is 2.18. The quantitative estimate of drug-likeness (QED) is 0.881. The van der Waals surface area contributed by atoms with Gasteiger partial charge < -0.3 is 14.6 Å². The van der Waals surface area contributed by atoms with Gasteiger partial charge in [0.25, 0.3) is 5.91 Å². The third-order valence-electron chi connectivity index (χ3n) is 3.23. The Balaban J connectivity index is 1.92. The molecule has 2 aromatic rings. The van der Waals surface area contributed by atoms with Crippen LogP contribution in [0.4, 0.5) is 4.39 Å². The first-order valence-electron chi connectivity index (χ1n) is 6.99. The number of amides is 2. The molecule has 2 rings (SSSR count). The fourth-order valence-corrected chi connectivity index (χ4v) is 2.29. The highest BCUT2D eigenvalue weighted by Gasteiger charge is 2.16. The first kappa shape index (κ1) is 17.0. The van der Waals surface area contributed by atoms with Crippen LogP contribution in [0.25, 0.3) is 0 Å². The summed E-state index contributed by atoms with van der Waals surface area (Å²) in [4.78, 5) is 25.1. The number of rotatable bonds is 6. The first-order valence-corrected chi connectivity index (χ1v) is 7.37. The topological polar surface area (TPSA) is 62.6 Å². The van der Waals surface area contributed by atoms with Crippen LogP contribution in [0.2, 0.25) is 5.02 Å². The number of carbonyl (C=O) groups is 2. The average molecular weight is 339 g/mol. The lowest BCUT2D eigenvalue weighted by atomic mass is 10.2. The number of halogens is 2. The Hall–Kier alpha value is -2.34. The Bertz CT molecular complexity index is 668. The van der Waals surface area contributed by atoms with Gasteiger partial charge in [-0.25, -0.2) is 4.39 Å². The van der Waals surface area contributed by atoms with Gasteiger partial charge in [0.05, 0.1) is 23.4 Å². The van der Waals surface area contributed by atoms with Gasteiger partial charge in [-0.1, -0.05) is 17.7 Å². The zero-order valence-corrected chi connectivity index (χ0v) is 13.3. The van der Waals surface area contributed by atoms with Gasteiger partial charge in [0.15, 0.2) is 0 Å². The van der Waals surface area contributed by atoms with Crippen molar-refractivity contribution >= 4 is 23.4 Å². The summed E-state index contributed by atoms with van der Waals surface area (Å²) in [5.41, 5.74) is -0.199. The van der Waals surface area contributed by atoms with Crippen LogP contribution in [0, 0.1) is 5.82 Å². The molecule has 0 bridgehead atoms. The van der Waals surface area contributed by atoms with Crippen LogP contribution in [-0.2, 0) is 11.3 Å². The van der Waals surface area contributed by atoms with Gasteiger partial charge >= 0.3 is 0 Å². The van der Waals surface area contributed by atoms with E-state index in [1.807, 2.05) is 0 Å². The Morgan fingerprint density at radius 3 is 2.70 bits per heavy atom. The third kappa shape index (κ3) is 4.56. The molecule has 5 nitrogen and oxygen atoms in total. The normalized spacial score (nSPS) is 10.4. The van der Waals surface area contributed by atoms with E-state index in [2.05, 4.69) is 5.32 Å². The van der Waals surface area contributed by atoms with Crippen LogP contribution >= 0.6 is 11.6 Å². The lowest BCUT2D eigenvalue weighted by Gasteiger charge is -2.20. The molecule has 23 heavy (non-hydrogen) atoms. The summed E-state index contributed by atoms with van der Waals surface area (Å²) in [6.07, 6.45) is 1.52. The Morgan fingerprint density at radius 1 is 1.30 bits per heavy atom. The minimum Gasteiger partial charge on any atom is -0.467 e. The van der Waals surface area contributed by atoms with Gasteiger partial charge in [0, 0.05) is 20.0 Å². The zero-order valence-electron chi connectivity index (χ0n) is 12.5. The van der Waals surface area contributed by atoms with Gasteiger partial charge in [0.2, 0.25) is 5.91 Å². The molecule has 2 amide bonds. The number of hydrogen-bond donors (Lipinski definition) is 1. The number of carbonyl (C=O) groups excluding carboxylic acids is 2. The summed E-state index contributed by atoms with van der Waals surface area (Å²) in [6, 6.07) is 7.52. The lowest BCUT2D eigenvalue weighted by molar-refractivity contribution is -0.129. The van der Waals surface area contributed by atoms with Gasteiger partial charge in [-0.15, -0.1) is 0 Å². The maximum absolute atomic E-state index is 13.6. The van der Waals surface area contributed by atoms with Crippen molar-refractivity contribution in [2.75, 3.05) is 13.1 Å². The van der Waals surface area contributed by atoms with Crippen molar-refractivity contribution in [1.82, 2.24) is 10.2 Å². The Kier molecular flexibility index (Phi) is 5.76. The fraction of sp³-hybridized carbons (Fsp3) is 0.250. The highest BCUT2D eigenvalue weighted by Crippen LogP contribution is 2.18. The molecular formula is C16H16ClFN2O3. The average Bonchev–Trinajstić information content (AvgIpc) is 2.99. The standard InChI is InChI=1S/C16H16ClFN2O3/c1-11(21)20(10-12-4-3-9-23-12)8-7-19-16(22)15-13(17)5-2-6-14(15)18/h2-6,9H,7-8,10H2,1H3,(H,19,22). The second-order valence-electron chi connectivity index (χ2n) is 4.87. The molecule has 0 saturated heterocycles. The molecule has 0 aliphatic heterocycles. The van der Waals surface area contributed by atoms with Gasteiger partial charge in [-0.2, -0.15) is 0 Å². The highest BCUT2D eigenvalue weighted by atomic mass is 35.5. The van der Waals surface area contributed by atoms with Crippen LogP contribution in [0.15, 0.2) is 41.0 Å². The molecule has 0 radical (unpaired) electrons. The van der Waals surface area contributed by atoms with E-state index in [1.54, 1.807) is 12.1 Å². The minimum atomic E-state index is -0.686. The smallest absolute Gasteiger partial charge is 0.255 e. The van der Waals surface area contributed by atoms with Crippen LogP contribution < -0.4 is 5.32 Å². The summed E-state index contributed by atoms with van der Waals surface area (Å²) >= 11 is 5.83. The molecule has 1 aromatic heterocycles. The predicted molar refractivity (Wildman–Crippen MR) is 83.5 cm³/mol. The minimum absolute atomic E-state index is 0.0431. The molecule has 1 aromatic carbocycles. The number of nitrogens with zero attached hydrogens (tertiary/aromatic N) is 1. The number of hydrogen-bond acceptors (Lipinski definition) is 3.